The van der Waals surface area contributed by atoms with Gasteiger partial charge in [-0.15, -0.1) is 0 Å². The highest BCUT2D eigenvalue weighted by molar-refractivity contribution is 5.49. The van der Waals surface area contributed by atoms with Gasteiger partial charge in [-0.1, -0.05) is 45.9 Å². The van der Waals surface area contributed by atoms with Crippen molar-refractivity contribution in [2.24, 2.45) is 0 Å². The molecule has 0 fully saturated rings. The van der Waals surface area contributed by atoms with E-state index in [0.29, 0.717) is 6.04 Å². The van der Waals surface area contributed by atoms with Gasteiger partial charge in [0.1, 0.15) is 11.9 Å². The Bertz CT molecular complexity index is 420. The van der Waals surface area contributed by atoms with E-state index in [9.17, 15) is 0 Å². The van der Waals surface area contributed by atoms with Crippen molar-refractivity contribution in [3.8, 4) is 5.75 Å². The van der Waals surface area contributed by atoms with Gasteiger partial charge in [-0.3, -0.25) is 0 Å². The smallest absolute Gasteiger partial charge is 0.128 e. The fourth-order valence-electron chi connectivity index (χ4n) is 2.60. The molecule has 1 aromatic rings. The minimum Gasteiger partial charge on any atom is -0.488 e. The summed E-state index contributed by atoms with van der Waals surface area (Å²) in [7, 11) is 0. The second kappa shape index (κ2) is 4.93. The first-order valence-electron chi connectivity index (χ1n) is 6.98. The Labute approximate surface area is 111 Å². The van der Waals surface area contributed by atoms with Crippen LogP contribution in [-0.4, -0.2) is 12.6 Å². The summed E-state index contributed by atoms with van der Waals surface area (Å²) in [5.41, 5.74) is 2.76. The predicted octanol–water partition coefficient (Wildman–Crippen LogP) is 3.81. The standard InChI is InChI=1S/C16H25NO/c1-6-10-17-14-11(2)18-15-12(14)8-7-9-13(15)16(3,4)5/h7-9,11,14,17H,6,10H2,1-5H3. The first-order chi connectivity index (χ1) is 8.45. The van der Waals surface area contributed by atoms with Crippen molar-refractivity contribution >= 4 is 0 Å². The van der Waals surface area contributed by atoms with E-state index in [4.69, 9.17) is 4.74 Å². The number of hydrogen-bond donors (Lipinski definition) is 1. The molecule has 0 aromatic heterocycles. The van der Waals surface area contributed by atoms with E-state index >= 15 is 0 Å². The van der Waals surface area contributed by atoms with Crippen LogP contribution in [0.2, 0.25) is 0 Å². The van der Waals surface area contributed by atoms with Crippen molar-refractivity contribution in [2.75, 3.05) is 6.54 Å². The number of benzene rings is 1. The molecule has 1 aliphatic heterocycles. The fraction of sp³-hybridized carbons (Fsp3) is 0.625. The summed E-state index contributed by atoms with van der Waals surface area (Å²) >= 11 is 0. The Morgan fingerprint density at radius 3 is 2.61 bits per heavy atom. The molecule has 0 aliphatic carbocycles. The summed E-state index contributed by atoms with van der Waals surface area (Å²) in [5, 5.41) is 3.59. The van der Waals surface area contributed by atoms with Crippen LogP contribution in [0.4, 0.5) is 0 Å². The molecule has 0 saturated heterocycles. The number of ether oxygens (including phenoxy) is 1. The van der Waals surface area contributed by atoms with Gasteiger partial charge in [-0.25, -0.2) is 0 Å². The number of nitrogens with one attached hydrogen (secondary N) is 1. The van der Waals surface area contributed by atoms with Crippen molar-refractivity contribution in [3.63, 3.8) is 0 Å². The topological polar surface area (TPSA) is 21.3 Å². The Morgan fingerprint density at radius 1 is 1.28 bits per heavy atom. The number of para-hydroxylation sites is 1. The Balaban J connectivity index is 2.36. The molecule has 2 nitrogen and oxygen atoms in total. The van der Waals surface area contributed by atoms with Crippen LogP contribution in [0.1, 0.15) is 58.2 Å². The minimum atomic E-state index is 0.130. The molecule has 0 bridgehead atoms. The molecule has 0 radical (unpaired) electrons. The van der Waals surface area contributed by atoms with Gasteiger partial charge in [0.2, 0.25) is 0 Å². The fourth-order valence-corrected chi connectivity index (χ4v) is 2.60. The molecule has 0 spiro atoms. The molecule has 100 valence electrons. The van der Waals surface area contributed by atoms with Crippen LogP contribution in [-0.2, 0) is 5.41 Å². The quantitative estimate of drug-likeness (QED) is 0.877. The summed E-state index contributed by atoms with van der Waals surface area (Å²) in [5.74, 6) is 1.10. The maximum Gasteiger partial charge on any atom is 0.128 e. The zero-order valence-electron chi connectivity index (χ0n) is 12.2. The maximum absolute atomic E-state index is 6.11. The third-order valence-electron chi connectivity index (χ3n) is 3.58. The van der Waals surface area contributed by atoms with E-state index < -0.39 is 0 Å². The summed E-state index contributed by atoms with van der Waals surface area (Å²) in [6, 6.07) is 6.87. The van der Waals surface area contributed by atoms with Gasteiger partial charge >= 0.3 is 0 Å². The molecular weight excluding hydrogens is 222 g/mol. The van der Waals surface area contributed by atoms with E-state index in [1.165, 1.54) is 11.1 Å². The highest BCUT2D eigenvalue weighted by atomic mass is 16.5. The van der Waals surface area contributed by atoms with Gasteiger partial charge < -0.3 is 10.1 Å². The molecule has 2 unspecified atom stereocenters. The van der Waals surface area contributed by atoms with E-state index in [2.05, 4.69) is 58.1 Å². The van der Waals surface area contributed by atoms with Gasteiger partial charge in [0.05, 0.1) is 6.04 Å². The molecular formula is C16H25NO. The van der Waals surface area contributed by atoms with Gasteiger partial charge in [0.15, 0.2) is 0 Å². The Kier molecular flexibility index (Phi) is 3.67. The summed E-state index contributed by atoms with van der Waals surface area (Å²) < 4.78 is 6.11. The lowest BCUT2D eigenvalue weighted by atomic mass is 9.85. The maximum atomic E-state index is 6.11. The predicted molar refractivity (Wildman–Crippen MR) is 76.3 cm³/mol. The zero-order chi connectivity index (χ0) is 13.3. The Morgan fingerprint density at radius 2 is 2.00 bits per heavy atom. The van der Waals surface area contributed by atoms with Gasteiger partial charge in [-0.05, 0) is 30.9 Å². The van der Waals surface area contributed by atoms with Crippen LogP contribution in [0.5, 0.6) is 5.75 Å². The molecule has 1 aromatic carbocycles. The average molecular weight is 247 g/mol. The molecule has 18 heavy (non-hydrogen) atoms. The highest BCUT2D eigenvalue weighted by Gasteiger charge is 2.34. The first-order valence-corrected chi connectivity index (χ1v) is 6.98. The van der Waals surface area contributed by atoms with E-state index in [-0.39, 0.29) is 11.5 Å². The summed E-state index contributed by atoms with van der Waals surface area (Å²) in [4.78, 5) is 0. The third-order valence-corrected chi connectivity index (χ3v) is 3.58. The largest absolute Gasteiger partial charge is 0.488 e. The van der Waals surface area contributed by atoms with Crippen molar-refractivity contribution in [1.82, 2.24) is 5.32 Å². The highest BCUT2D eigenvalue weighted by Crippen LogP contribution is 2.43. The van der Waals surface area contributed by atoms with Gasteiger partial charge in [0, 0.05) is 5.56 Å². The van der Waals surface area contributed by atoms with Crippen molar-refractivity contribution in [1.29, 1.82) is 0 Å². The first kappa shape index (κ1) is 13.4. The minimum absolute atomic E-state index is 0.130. The lowest BCUT2D eigenvalue weighted by molar-refractivity contribution is 0.206. The number of hydrogen-bond acceptors (Lipinski definition) is 2. The molecule has 2 heteroatoms. The third kappa shape index (κ3) is 2.39. The van der Waals surface area contributed by atoms with Crippen molar-refractivity contribution in [3.05, 3.63) is 29.3 Å². The van der Waals surface area contributed by atoms with Gasteiger partial charge in [0.25, 0.3) is 0 Å². The van der Waals surface area contributed by atoms with Crippen LogP contribution in [0.25, 0.3) is 0 Å². The summed E-state index contributed by atoms with van der Waals surface area (Å²) in [6.07, 6.45) is 1.37. The second-order valence-corrected chi connectivity index (χ2v) is 6.23. The van der Waals surface area contributed by atoms with Crippen LogP contribution in [0.15, 0.2) is 18.2 Å². The molecule has 0 saturated carbocycles. The lowest BCUT2D eigenvalue weighted by Crippen LogP contribution is -2.29. The van der Waals surface area contributed by atoms with E-state index in [1.54, 1.807) is 0 Å². The van der Waals surface area contributed by atoms with E-state index in [0.717, 1.165) is 18.7 Å². The number of rotatable bonds is 3. The van der Waals surface area contributed by atoms with Crippen molar-refractivity contribution in [2.45, 2.75) is 58.6 Å². The molecule has 1 aliphatic rings. The molecule has 0 amide bonds. The van der Waals surface area contributed by atoms with Gasteiger partial charge in [-0.2, -0.15) is 0 Å². The average Bonchev–Trinajstić information content (AvgIpc) is 2.60. The normalized spacial score (nSPS) is 22.7. The van der Waals surface area contributed by atoms with Crippen LogP contribution in [0.3, 0.4) is 0 Å². The van der Waals surface area contributed by atoms with Crippen LogP contribution in [0, 0.1) is 0 Å². The zero-order valence-corrected chi connectivity index (χ0v) is 12.2. The van der Waals surface area contributed by atoms with E-state index in [1.807, 2.05) is 0 Å². The second-order valence-electron chi connectivity index (χ2n) is 6.23. The monoisotopic (exact) mass is 247 g/mol. The molecule has 2 rings (SSSR count). The molecule has 2 atom stereocenters. The Hall–Kier alpha value is -1.02. The van der Waals surface area contributed by atoms with Crippen molar-refractivity contribution < 1.29 is 4.74 Å². The van der Waals surface area contributed by atoms with Crippen LogP contribution >= 0.6 is 0 Å². The summed E-state index contributed by atoms with van der Waals surface area (Å²) in [6.45, 7) is 12.1. The SMILES string of the molecule is CCCNC1c2cccc(C(C)(C)C)c2OC1C. The number of fused-ring (bicyclic) bond motifs is 1. The molecule has 1 heterocycles. The van der Waals surface area contributed by atoms with Crippen LogP contribution < -0.4 is 10.1 Å². The lowest BCUT2D eigenvalue weighted by Gasteiger charge is -2.22. The molecule has 1 N–H and O–H groups in total.